The molecule has 0 bridgehead atoms. The van der Waals surface area contributed by atoms with Crippen molar-refractivity contribution in [2.24, 2.45) is 0 Å². The zero-order valence-corrected chi connectivity index (χ0v) is 16.3. The van der Waals surface area contributed by atoms with Crippen LogP contribution in [0.5, 0.6) is 5.75 Å². The highest BCUT2D eigenvalue weighted by atomic mass is 35.5. The molecule has 1 aromatic heterocycles. The van der Waals surface area contributed by atoms with Gasteiger partial charge < -0.3 is 19.9 Å². The maximum absolute atomic E-state index is 13.4. The fourth-order valence-corrected chi connectivity index (χ4v) is 4.11. The van der Waals surface area contributed by atoms with E-state index in [2.05, 4.69) is 5.32 Å². The molecule has 4 rings (SSSR count). The van der Waals surface area contributed by atoms with E-state index in [1.807, 2.05) is 0 Å². The number of rotatable bonds is 2. The van der Waals surface area contributed by atoms with Crippen molar-refractivity contribution in [3.63, 3.8) is 0 Å². The van der Waals surface area contributed by atoms with Crippen LogP contribution in [0.4, 0.5) is 4.39 Å². The maximum Gasteiger partial charge on any atom is 0.294 e. The minimum Gasteiger partial charge on any atom is -0.502 e. The van der Waals surface area contributed by atoms with Gasteiger partial charge in [-0.15, -0.1) is 0 Å². The van der Waals surface area contributed by atoms with Crippen LogP contribution in [-0.4, -0.2) is 39.5 Å². The first-order valence-corrected chi connectivity index (χ1v) is 9.76. The molecule has 2 aliphatic rings. The van der Waals surface area contributed by atoms with E-state index in [1.54, 1.807) is 0 Å². The first kappa shape index (κ1) is 19.4. The topological polar surface area (TPSA) is 91.6 Å². The van der Waals surface area contributed by atoms with E-state index in [9.17, 15) is 23.9 Å². The van der Waals surface area contributed by atoms with Crippen molar-refractivity contribution in [1.82, 2.24) is 14.8 Å². The second-order valence-corrected chi connectivity index (χ2v) is 7.60. The summed E-state index contributed by atoms with van der Waals surface area (Å²) in [7, 11) is 0. The summed E-state index contributed by atoms with van der Waals surface area (Å²) in [5.41, 5.74) is 0.292. The van der Waals surface area contributed by atoms with Gasteiger partial charge >= 0.3 is 0 Å². The van der Waals surface area contributed by atoms with Crippen LogP contribution in [0.1, 0.15) is 44.8 Å². The average molecular weight is 420 g/mol. The zero-order chi connectivity index (χ0) is 20.7. The third-order valence-corrected chi connectivity index (χ3v) is 5.63. The molecule has 0 atom stereocenters. The van der Waals surface area contributed by atoms with Crippen molar-refractivity contribution < 1.29 is 19.1 Å². The smallest absolute Gasteiger partial charge is 0.294 e. The fourth-order valence-electron chi connectivity index (χ4n) is 3.90. The molecular weight excluding hydrogens is 401 g/mol. The third kappa shape index (κ3) is 3.37. The zero-order valence-electron chi connectivity index (χ0n) is 15.5. The number of hydrogen-bond donors (Lipinski definition) is 2. The maximum atomic E-state index is 13.4. The summed E-state index contributed by atoms with van der Waals surface area (Å²) < 4.78 is 14.7. The Morgan fingerprint density at radius 2 is 1.97 bits per heavy atom. The number of halogens is 2. The van der Waals surface area contributed by atoms with Crippen LogP contribution < -0.4 is 10.9 Å². The van der Waals surface area contributed by atoms with Crippen molar-refractivity contribution in [3.05, 3.63) is 61.8 Å². The Bertz CT molecular complexity index is 1080. The molecule has 0 aliphatic carbocycles. The van der Waals surface area contributed by atoms with Crippen LogP contribution in [0.15, 0.2) is 23.0 Å². The minimum atomic E-state index is -0.740. The number of aromatic hydroxyl groups is 1. The Labute approximate surface area is 170 Å². The van der Waals surface area contributed by atoms with Gasteiger partial charge in [0.15, 0.2) is 5.75 Å². The van der Waals surface area contributed by atoms with E-state index in [0.29, 0.717) is 43.6 Å². The first-order chi connectivity index (χ1) is 13.9. The highest BCUT2D eigenvalue weighted by Gasteiger charge is 2.35. The van der Waals surface area contributed by atoms with Crippen LogP contribution in [0.3, 0.4) is 0 Å². The number of carbonyl (C=O) groups is 2. The third-order valence-electron chi connectivity index (χ3n) is 5.34. The number of benzene rings is 1. The second kappa shape index (κ2) is 7.51. The van der Waals surface area contributed by atoms with Crippen LogP contribution >= 0.6 is 11.6 Å². The van der Waals surface area contributed by atoms with Gasteiger partial charge in [0, 0.05) is 31.7 Å². The molecule has 0 saturated carbocycles. The van der Waals surface area contributed by atoms with Gasteiger partial charge in [-0.2, -0.15) is 0 Å². The van der Waals surface area contributed by atoms with E-state index in [4.69, 9.17) is 11.6 Å². The molecule has 152 valence electrons. The number of nitrogens with one attached hydrogen (secondary N) is 1. The SMILES string of the molecule is O=C1NCCCCn2c1c1c(c(O)c2=O)C(=O)N(Cc2ccc(F)c(Cl)c2)CC1. The van der Waals surface area contributed by atoms with Gasteiger partial charge in [-0.3, -0.25) is 14.4 Å². The van der Waals surface area contributed by atoms with E-state index in [0.717, 1.165) is 6.42 Å². The molecule has 1 aromatic carbocycles. The number of fused-ring (bicyclic) bond motifs is 3. The fraction of sp³-hybridized carbons (Fsp3) is 0.350. The Morgan fingerprint density at radius 1 is 1.17 bits per heavy atom. The predicted molar refractivity (Wildman–Crippen MR) is 104 cm³/mol. The molecule has 2 N–H and O–H groups in total. The molecule has 2 amide bonds. The lowest BCUT2D eigenvalue weighted by Gasteiger charge is -2.31. The molecule has 2 aromatic rings. The molecule has 7 nitrogen and oxygen atoms in total. The summed E-state index contributed by atoms with van der Waals surface area (Å²) >= 11 is 5.81. The summed E-state index contributed by atoms with van der Waals surface area (Å²) in [6, 6.07) is 4.17. The summed E-state index contributed by atoms with van der Waals surface area (Å²) in [4.78, 5) is 39.8. The van der Waals surface area contributed by atoms with Crippen LogP contribution in [-0.2, 0) is 19.5 Å². The molecule has 0 fully saturated rings. The summed E-state index contributed by atoms with van der Waals surface area (Å²) in [6.45, 7) is 1.24. The van der Waals surface area contributed by atoms with Gasteiger partial charge in [0.2, 0.25) is 0 Å². The average Bonchev–Trinajstić information content (AvgIpc) is 2.68. The molecule has 9 heteroatoms. The number of carbonyl (C=O) groups excluding carboxylic acids is 2. The second-order valence-electron chi connectivity index (χ2n) is 7.20. The molecule has 0 radical (unpaired) electrons. The first-order valence-electron chi connectivity index (χ1n) is 9.38. The summed E-state index contributed by atoms with van der Waals surface area (Å²) in [5, 5.41) is 13.2. The van der Waals surface area contributed by atoms with Gasteiger partial charge in [-0.1, -0.05) is 17.7 Å². The van der Waals surface area contributed by atoms with Crippen molar-refractivity contribution in [2.45, 2.75) is 32.4 Å². The van der Waals surface area contributed by atoms with E-state index >= 15 is 0 Å². The van der Waals surface area contributed by atoms with Crippen LogP contribution in [0, 0.1) is 5.82 Å². The molecule has 29 heavy (non-hydrogen) atoms. The van der Waals surface area contributed by atoms with E-state index in [-0.39, 0.29) is 22.8 Å². The number of aromatic nitrogens is 1. The van der Waals surface area contributed by atoms with Crippen molar-refractivity contribution in [3.8, 4) is 5.75 Å². The van der Waals surface area contributed by atoms with Gasteiger partial charge in [0.05, 0.1) is 10.6 Å². The Morgan fingerprint density at radius 3 is 2.72 bits per heavy atom. The van der Waals surface area contributed by atoms with Crippen LogP contribution in [0.2, 0.25) is 5.02 Å². The lowest BCUT2D eigenvalue weighted by molar-refractivity contribution is 0.0721. The standard InChI is InChI=1S/C20H19ClFN3O4/c21-13-9-11(3-4-14(13)22)10-24-8-5-12-15(19(24)28)17(26)20(29)25-7-2-1-6-23-18(27)16(12)25/h3-4,9,26H,1-2,5-8,10H2,(H,23,27). The summed E-state index contributed by atoms with van der Waals surface area (Å²) in [5.74, 6) is -2.14. The number of hydrogen-bond acceptors (Lipinski definition) is 4. The quantitative estimate of drug-likeness (QED) is 0.779. The monoisotopic (exact) mass is 419 g/mol. The normalized spacial score (nSPS) is 16.6. The van der Waals surface area contributed by atoms with E-state index in [1.165, 1.54) is 27.7 Å². The number of pyridine rings is 1. The Balaban J connectivity index is 1.76. The van der Waals surface area contributed by atoms with Crippen molar-refractivity contribution >= 4 is 23.4 Å². The Kier molecular flexibility index (Phi) is 5.04. The van der Waals surface area contributed by atoms with E-state index < -0.39 is 28.9 Å². The van der Waals surface area contributed by atoms with Crippen molar-refractivity contribution in [1.29, 1.82) is 0 Å². The molecule has 2 aliphatic heterocycles. The van der Waals surface area contributed by atoms with Gasteiger partial charge in [0.1, 0.15) is 11.5 Å². The highest BCUT2D eigenvalue weighted by Crippen LogP contribution is 2.29. The summed E-state index contributed by atoms with van der Waals surface area (Å²) in [6.07, 6.45) is 1.71. The molecule has 0 unspecified atom stereocenters. The molecule has 0 spiro atoms. The predicted octanol–water partition coefficient (Wildman–Crippen LogP) is 2.07. The van der Waals surface area contributed by atoms with Crippen LogP contribution in [0.25, 0.3) is 0 Å². The molecule has 3 heterocycles. The highest BCUT2D eigenvalue weighted by molar-refractivity contribution is 6.30. The largest absolute Gasteiger partial charge is 0.502 e. The number of amides is 2. The number of nitrogens with zero attached hydrogens (tertiary/aromatic N) is 2. The lowest BCUT2D eigenvalue weighted by atomic mass is 9.95. The molecule has 0 saturated heterocycles. The van der Waals surface area contributed by atoms with Crippen molar-refractivity contribution in [2.75, 3.05) is 13.1 Å². The van der Waals surface area contributed by atoms with Gasteiger partial charge in [-0.25, -0.2) is 4.39 Å². The van der Waals surface area contributed by atoms with Gasteiger partial charge in [-0.05, 0) is 37.0 Å². The molecular formula is C20H19ClFN3O4. The lowest BCUT2D eigenvalue weighted by Crippen LogP contribution is -2.43. The minimum absolute atomic E-state index is 0.0495. The van der Waals surface area contributed by atoms with Gasteiger partial charge in [0.25, 0.3) is 17.4 Å². The Hall–Kier alpha value is -2.87.